The van der Waals surface area contributed by atoms with Crippen molar-refractivity contribution in [1.29, 1.82) is 0 Å². The Balaban J connectivity index is 2.84. The second-order valence-electron chi connectivity index (χ2n) is 3.44. The summed E-state index contributed by atoms with van der Waals surface area (Å²) in [4.78, 5) is 1.10. The molecule has 0 spiro atoms. The number of alkyl halides is 1. The summed E-state index contributed by atoms with van der Waals surface area (Å²) < 4.78 is 26.0. The molecule has 0 aliphatic rings. The average Bonchev–Trinajstić information content (AvgIpc) is 2.74. The van der Waals surface area contributed by atoms with Crippen molar-refractivity contribution in [3.8, 4) is 0 Å². The first-order chi connectivity index (χ1) is 7.52. The van der Waals surface area contributed by atoms with Crippen molar-refractivity contribution >= 4 is 37.3 Å². The predicted octanol–water partition coefficient (Wildman–Crippen LogP) is 2.72. The fourth-order valence-corrected chi connectivity index (χ4v) is 4.21. The Bertz CT molecular complexity index is 428. The molecule has 0 bridgehead atoms. The van der Waals surface area contributed by atoms with Crippen molar-refractivity contribution in [1.82, 2.24) is 4.31 Å². The fraction of sp³-hybridized carbons (Fsp3) is 0.600. The van der Waals surface area contributed by atoms with E-state index in [0.29, 0.717) is 10.8 Å². The summed E-state index contributed by atoms with van der Waals surface area (Å²) in [5, 5.41) is 0.817. The normalized spacial score (nSPS) is 12.2. The maximum Gasteiger partial charge on any atom is 0.252 e. The van der Waals surface area contributed by atoms with E-state index in [9.17, 15) is 8.42 Å². The molecule has 1 aromatic rings. The van der Waals surface area contributed by atoms with Gasteiger partial charge in [0.2, 0.25) is 0 Å². The zero-order valence-electron chi connectivity index (χ0n) is 9.44. The fourth-order valence-electron chi connectivity index (χ4n) is 1.24. The van der Waals surface area contributed by atoms with Crippen LogP contribution in [0.15, 0.2) is 16.3 Å². The van der Waals surface area contributed by atoms with E-state index >= 15 is 0 Å². The van der Waals surface area contributed by atoms with Crippen molar-refractivity contribution in [2.75, 3.05) is 18.9 Å². The van der Waals surface area contributed by atoms with Crippen molar-refractivity contribution in [3.63, 3.8) is 0 Å². The van der Waals surface area contributed by atoms with Crippen LogP contribution in [0.2, 0.25) is 0 Å². The van der Waals surface area contributed by atoms with Gasteiger partial charge in [0.25, 0.3) is 10.0 Å². The minimum absolute atomic E-state index is 0.446. The van der Waals surface area contributed by atoms with Crippen LogP contribution in [-0.2, 0) is 16.4 Å². The molecule has 0 saturated carbocycles. The predicted molar refractivity (Wildman–Crippen MR) is 71.9 cm³/mol. The number of aryl methyl sites for hydroxylation is 1. The van der Waals surface area contributed by atoms with Gasteiger partial charge in [-0.1, -0.05) is 22.9 Å². The Morgan fingerprint density at radius 1 is 1.44 bits per heavy atom. The molecule has 92 valence electrons. The second-order valence-corrected chi connectivity index (χ2v) is 7.68. The summed E-state index contributed by atoms with van der Waals surface area (Å²) in [6.07, 6.45) is 1.70. The molecule has 0 saturated heterocycles. The van der Waals surface area contributed by atoms with Gasteiger partial charge in [0.15, 0.2) is 0 Å². The SMILES string of the molecule is CCc1ccc(S(=O)(=O)N(C)CCCBr)s1. The molecule has 1 heterocycles. The van der Waals surface area contributed by atoms with E-state index in [4.69, 9.17) is 0 Å². The third-order valence-corrected chi connectivity index (χ3v) is 6.37. The molecule has 3 nitrogen and oxygen atoms in total. The largest absolute Gasteiger partial charge is 0.252 e. The lowest BCUT2D eigenvalue weighted by Gasteiger charge is -2.14. The number of hydrogen-bond donors (Lipinski definition) is 0. The lowest BCUT2D eigenvalue weighted by molar-refractivity contribution is 0.472. The molecule has 0 N–H and O–H groups in total. The molecule has 1 rings (SSSR count). The van der Waals surface area contributed by atoms with Gasteiger partial charge in [0.1, 0.15) is 4.21 Å². The van der Waals surface area contributed by atoms with E-state index in [2.05, 4.69) is 15.9 Å². The van der Waals surface area contributed by atoms with E-state index in [1.54, 1.807) is 13.1 Å². The monoisotopic (exact) mass is 325 g/mol. The smallest absolute Gasteiger partial charge is 0.206 e. The third kappa shape index (κ3) is 3.29. The highest BCUT2D eigenvalue weighted by Crippen LogP contribution is 2.24. The minimum Gasteiger partial charge on any atom is -0.206 e. The molecule has 0 aliphatic heterocycles. The van der Waals surface area contributed by atoms with Gasteiger partial charge in [0.05, 0.1) is 0 Å². The highest BCUT2D eigenvalue weighted by molar-refractivity contribution is 9.09. The molecule has 1 aromatic heterocycles. The average molecular weight is 326 g/mol. The summed E-state index contributed by atoms with van der Waals surface area (Å²) in [6.45, 7) is 2.57. The molecular weight excluding hydrogens is 310 g/mol. The minimum atomic E-state index is -3.27. The molecule has 16 heavy (non-hydrogen) atoms. The van der Waals surface area contributed by atoms with Crippen LogP contribution in [0.5, 0.6) is 0 Å². The molecule has 0 unspecified atom stereocenters. The number of sulfonamides is 1. The summed E-state index contributed by atoms with van der Waals surface area (Å²) in [6, 6.07) is 3.58. The lowest BCUT2D eigenvalue weighted by atomic mass is 10.4. The van der Waals surface area contributed by atoms with Crippen LogP contribution < -0.4 is 0 Å². The maximum absolute atomic E-state index is 12.1. The van der Waals surface area contributed by atoms with E-state index in [0.717, 1.165) is 23.0 Å². The molecule has 6 heteroatoms. The molecule has 0 atom stereocenters. The number of thiophene rings is 1. The molecule has 0 aromatic carbocycles. The zero-order chi connectivity index (χ0) is 12.2. The van der Waals surface area contributed by atoms with E-state index in [1.165, 1.54) is 15.6 Å². The van der Waals surface area contributed by atoms with E-state index < -0.39 is 10.0 Å². The lowest BCUT2D eigenvalue weighted by Crippen LogP contribution is -2.27. The number of hydrogen-bond acceptors (Lipinski definition) is 3. The van der Waals surface area contributed by atoms with Crippen molar-refractivity contribution in [2.45, 2.75) is 24.0 Å². The van der Waals surface area contributed by atoms with Crippen molar-refractivity contribution in [3.05, 3.63) is 17.0 Å². The van der Waals surface area contributed by atoms with Gasteiger partial charge < -0.3 is 0 Å². The Labute approximate surface area is 110 Å². The number of rotatable bonds is 6. The Morgan fingerprint density at radius 2 is 2.12 bits per heavy atom. The van der Waals surface area contributed by atoms with Gasteiger partial charge in [-0.25, -0.2) is 12.7 Å². The summed E-state index contributed by atoms with van der Waals surface area (Å²) in [5.41, 5.74) is 0. The van der Waals surface area contributed by atoms with Crippen LogP contribution in [0.1, 0.15) is 18.2 Å². The first-order valence-corrected chi connectivity index (χ1v) is 8.51. The zero-order valence-corrected chi connectivity index (χ0v) is 12.7. The Kier molecular flexibility index (Phi) is 5.43. The molecule has 0 radical (unpaired) electrons. The van der Waals surface area contributed by atoms with Gasteiger partial charge in [-0.15, -0.1) is 11.3 Å². The van der Waals surface area contributed by atoms with Gasteiger partial charge in [0, 0.05) is 23.8 Å². The quantitative estimate of drug-likeness (QED) is 0.754. The van der Waals surface area contributed by atoms with Gasteiger partial charge in [-0.2, -0.15) is 0 Å². The van der Waals surface area contributed by atoms with Gasteiger partial charge >= 0.3 is 0 Å². The Hall–Kier alpha value is 0.0900. The Morgan fingerprint density at radius 3 is 2.62 bits per heavy atom. The van der Waals surface area contributed by atoms with Gasteiger partial charge in [-0.05, 0) is 25.0 Å². The first-order valence-electron chi connectivity index (χ1n) is 5.13. The van der Waals surface area contributed by atoms with Crippen LogP contribution in [-0.4, -0.2) is 31.6 Å². The van der Waals surface area contributed by atoms with E-state index in [1.807, 2.05) is 13.0 Å². The second kappa shape index (κ2) is 6.14. The summed E-state index contributed by atoms with van der Waals surface area (Å²) >= 11 is 4.66. The molecular formula is C10H16BrNO2S2. The standard InChI is InChI=1S/C10H16BrNO2S2/c1-3-9-5-6-10(15-9)16(13,14)12(2)8-4-7-11/h5-6H,3-4,7-8H2,1-2H3. The summed E-state index contributed by atoms with van der Waals surface area (Å²) in [5.74, 6) is 0. The van der Waals surface area contributed by atoms with Crippen molar-refractivity contribution < 1.29 is 8.42 Å². The maximum atomic E-state index is 12.1. The molecule has 0 amide bonds. The van der Waals surface area contributed by atoms with E-state index in [-0.39, 0.29) is 0 Å². The van der Waals surface area contributed by atoms with Crippen LogP contribution in [0.3, 0.4) is 0 Å². The first kappa shape index (κ1) is 14.2. The van der Waals surface area contributed by atoms with Crippen LogP contribution in [0, 0.1) is 0 Å². The van der Waals surface area contributed by atoms with Gasteiger partial charge in [-0.3, -0.25) is 0 Å². The molecule has 0 fully saturated rings. The third-order valence-electron chi connectivity index (χ3n) is 2.26. The highest BCUT2D eigenvalue weighted by Gasteiger charge is 2.21. The summed E-state index contributed by atoms with van der Waals surface area (Å²) in [7, 11) is -1.64. The van der Waals surface area contributed by atoms with Crippen molar-refractivity contribution in [2.24, 2.45) is 0 Å². The van der Waals surface area contributed by atoms with Crippen LogP contribution in [0.25, 0.3) is 0 Å². The number of halogens is 1. The molecule has 0 aliphatic carbocycles. The van der Waals surface area contributed by atoms with Crippen LogP contribution >= 0.6 is 27.3 Å². The highest BCUT2D eigenvalue weighted by atomic mass is 79.9. The topological polar surface area (TPSA) is 37.4 Å². The number of nitrogens with zero attached hydrogens (tertiary/aromatic N) is 1. The van der Waals surface area contributed by atoms with Crippen LogP contribution in [0.4, 0.5) is 0 Å².